The average molecular weight is 361 g/mol. The van der Waals surface area contributed by atoms with Crippen LogP contribution in [0.2, 0.25) is 5.02 Å². The Hall–Kier alpha value is -1.90. The predicted octanol–water partition coefficient (Wildman–Crippen LogP) is 3.61. The lowest BCUT2D eigenvalue weighted by Crippen LogP contribution is -2.33. The Kier molecular flexibility index (Phi) is 6.74. The number of hydrogen-bond acceptors (Lipinski definition) is 4. The largest absolute Gasteiger partial charge is 0.459 e. The highest BCUT2D eigenvalue weighted by atomic mass is 35.5. The smallest absolute Gasteiger partial charge is 0.340 e. The van der Waals surface area contributed by atoms with Gasteiger partial charge in [0.25, 0.3) is 0 Å². The summed E-state index contributed by atoms with van der Waals surface area (Å²) in [5.74, 6) is -8.31. The fourth-order valence-corrected chi connectivity index (χ4v) is 1.46. The summed E-state index contributed by atoms with van der Waals surface area (Å²) in [6, 6.07) is 3.51. The molecule has 0 heterocycles. The van der Waals surface area contributed by atoms with Crippen LogP contribution in [0, 0.1) is 5.82 Å². The van der Waals surface area contributed by atoms with Crippen molar-refractivity contribution in [3.8, 4) is 5.75 Å². The molecule has 128 valence electrons. The molecule has 0 saturated heterocycles. The Morgan fingerprint density at radius 3 is 2.35 bits per heavy atom. The second-order valence-corrected chi connectivity index (χ2v) is 4.65. The lowest BCUT2D eigenvalue weighted by atomic mass is 10.3. The number of halogens is 6. The first-order valence-corrected chi connectivity index (χ1v) is 6.47. The molecule has 0 saturated carbocycles. The van der Waals surface area contributed by atoms with Crippen molar-refractivity contribution in [2.45, 2.75) is 25.2 Å². The van der Waals surface area contributed by atoms with Crippen LogP contribution in [0.5, 0.6) is 5.75 Å². The van der Waals surface area contributed by atoms with E-state index in [9.17, 15) is 31.5 Å². The molecule has 0 aliphatic carbocycles. The van der Waals surface area contributed by atoms with E-state index in [1.807, 2.05) is 0 Å². The molecule has 1 rings (SSSR count). The summed E-state index contributed by atoms with van der Waals surface area (Å²) in [5.41, 5.74) is 0. The molecular weight excluding hydrogens is 351 g/mol. The van der Waals surface area contributed by atoms with Gasteiger partial charge in [-0.25, -0.2) is 13.2 Å². The van der Waals surface area contributed by atoms with Crippen LogP contribution >= 0.6 is 11.6 Å². The Balaban J connectivity index is 2.43. The molecule has 0 atom stereocenters. The maximum absolute atomic E-state index is 13.3. The van der Waals surface area contributed by atoms with E-state index >= 15 is 0 Å². The highest BCUT2D eigenvalue weighted by molar-refractivity contribution is 6.32. The topological polar surface area (TPSA) is 52.6 Å². The summed E-state index contributed by atoms with van der Waals surface area (Å²) >= 11 is 5.60. The van der Waals surface area contributed by atoms with Crippen molar-refractivity contribution in [3.63, 3.8) is 0 Å². The minimum atomic E-state index is -4.48. The van der Waals surface area contributed by atoms with Crippen molar-refractivity contribution in [2.75, 3.05) is 6.61 Å². The van der Waals surface area contributed by atoms with Crippen molar-refractivity contribution >= 4 is 23.5 Å². The lowest BCUT2D eigenvalue weighted by molar-refractivity contribution is -0.180. The SMILES string of the molecule is O=C(CCC(=O)Oc1c(F)cccc1Cl)OCC(F)(F)C(F)F. The molecule has 0 amide bonds. The number of ether oxygens (including phenoxy) is 2. The summed E-state index contributed by atoms with van der Waals surface area (Å²) in [4.78, 5) is 22.5. The Morgan fingerprint density at radius 2 is 1.78 bits per heavy atom. The summed E-state index contributed by atoms with van der Waals surface area (Å²) in [6.07, 6.45) is -5.32. The zero-order valence-corrected chi connectivity index (χ0v) is 12.1. The molecule has 0 fully saturated rings. The van der Waals surface area contributed by atoms with E-state index in [4.69, 9.17) is 11.6 Å². The van der Waals surface area contributed by atoms with Crippen molar-refractivity contribution in [1.29, 1.82) is 0 Å². The summed E-state index contributed by atoms with van der Waals surface area (Å²) in [7, 11) is 0. The van der Waals surface area contributed by atoms with Gasteiger partial charge in [-0.2, -0.15) is 8.78 Å². The number of para-hydroxylation sites is 1. The van der Waals surface area contributed by atoms with Crippen LogP contribution in [-0.4, -0.2) is 30.9 Å². The molecule has 23 heavy (non-hydrogen) atoms. The van der Waals surface area contributed by atoms with E-state index in [0.717, 1.165) is 6.07 Å². The molecule has 0 spiro atoms. The van der Waals surface area contributed by atoms with E-state index in [-0.39, 0.29) is 5.02 Å². The van der Waals surface area contributed by atoms with Gasteiger partial charge in [-0.15, -0.1) is 0 Å². The molecular formula is C13H10ClF5O4. The Bertz CT molecular complexity index is 559. The van der Waals surface area contributed by atoms with Gasteiger partial charge in [-0.1, -0.05) is 17.7 Å². The monoisotopic (exact) mass is 360 g/mol. The van der Waals surface area contributed by atoms with Gasteiger partial charge in [0.1, 0.15) is 0 Å². The van der Waals surface area contributed by atoms with Crippen LogP contribution in [0.4, 0.5) is 22.0 Å². The lowest BCUT2D eigenvalue weighted by Gasteiger charge is -2.14. The first kappa shape index (κ1) is 19.1. The molecule has 0 N–H and O–H groups in total. The van der Waals surface area contributed by atoms with Crippen LogP contribution in [0.25, 0.3) is 0 Å². The van der Waals surface area contributed by atoms with Crippen LogP contribution in [0.3, 0.4) is 0 Å². The first-order valence-electron chi connectivity index (χ1n) is 6.10. The number of alkyl halides is 4. The van der Waals surface area contributed by atoms with Crippen molar-refractivity contribution in [3.05, 3.63) is 29.0 Å². The number of rotatable bonds is 7. The molecule has 0 unspecified atom stereocenters. The average Bonchev–Trinajstić information content (AvgIpc) is 2.47. The molecule has 0 radical (unpaired) electrons. The molecule has 0 aromatic heterocycles. The van der Waals surface area contributed by atoms with Crippen LogP contribution < -0.4 is 4.74 Å². The van der Waals surface area contributed by atoms with Gasteiger partial charge in [0, 0.05) is 0 Å². The zero-order chi connectivity index (χ0) is 17.6. The van der Waals surface area contributed by atoms with E-state index < -0.39 is 55.3 Å². The van der Waals surface area contributed by atoms with Crippen LogP contribution in [0.15, 0.2) is 18.2 Å². The van der Waals surface area contributed by atoms with Gasteiger partial charge in [-0.3, -0.25) is 9.59 Å². The minimum Gasteiger partial charge on any atom is -0.459 e. The van der Waals surface area contributed by atoms with E-state index in [2.05, 4.69) is 9.47 Å². The molecule has 0 aliphatic rings. The Morgan fingerprint density at radius 1 is 1.17 bits per heavy atom. The first-order chi connectivity index (χ1) is 10.6. The fraction of sp³-hybridized carbons (Fsp3) is 0.385. The highest BCUT2D eigenvalue weighted by Crippen LogP contribution is 2.27. The normalized spacial score (nSPS) is 11.4. The predicted molar refractivity (Wildman–Crippen MR) is 68.2 cm³/mol. The molecule has 0 bridgehead atoms. The minimum absolute atomic E-state index is 0.183. The van der Waals surface area contributed by atoms with E-state index in [1.54, 1.807) is 0 Å². The third-order valence-electron chi connectivity index (χ3n) is 2.41. The highest BCUT2D eigenvalue weighted by Gasteiger charge is 2.42. The molecule has 4 nitrogen and oxygen atoms in total. The van der Waals surface area contributed by atoms with Gasteiger partial charge in [-0.05, 0) is 12.1 Å². The zero-order valence-electron chi connectivity index (χ0n) is 11.3. The second kappa shape index (κ2) is 8.09. The third kappa shape index (κ3) is 6.01. The van der Waals surface area contributed by atoms with Gasteiger partial charge >= 0.3 is 24.3 Å². The third-order valence-corrected chi connectivity index (χ3v) is 2.71. The van der Waals surface area contributed by atoms with Gasteiger partial charge < -0.3 is 9.47 Å². The molecule has 1 aromatic rings. The quantitative estimate of drug-likeness (QED) is 0.423. The molecule has 0 aliphatic heterocycles. The number of carbonyl (C=O) groups excluding carboxylic acids is 2. The standard InChI is InChI=1S/C13H10ClF5O4/c14-7-2-1-3-8(15)11(7)23-10(21)5-4-9(20)22-6-13(18,19)12(16)17/h1-3,12H,4-6H2. The maximum Gasteiger partial charge on any atom is 0.340 e. The fourth-order valence-electron chi connectivity index (χ4n) is 1.26. The summed E-state index contributed by atoms with van der Waals surface area (Å²) in [5, 5.41) is -0.183. The van der Waals surface area contributed by atoms with E-state index in [0.29, 0.717) is 0 Å². The van der Waals surface area contributed by atoms with Crippen molar-refractivity contribution < 1.29 is 41.0 Å². The van der Waals surface area contributed by atoms with Crippen molar-refractivity contribution in [2.24, 2.45) is 0 Å². The van der Waals surface area contributed by atoms with Gasteiger partial charge in [0.2, 0.25) is 0 Å². The number of hydrogen-bond donors (Lipinski definition) is 0. The maximum atomic E-state index is 13.3. The summed E-state index contributed by atoms with van der Waals surface area (Å²) < 4.78 is 70.5. The van der Waals surface area contributed by atoms with Crippen LogP contribution in [0.1, 0.15) is 12.8 Å². The second-order valence-electron chi connectivity index (χ2n) is 4.25. The van der Waals surface area contributed by atoms with Gasteiger partial charge in [0.05, 0.1) is 17.9 Å². The van der Waals surface area contributed by atoms with Crippen molar-refractivity contribution in [1.82, 2.24) is 0 Å². The number of esters is 2. The number of benzene rings is 1. The number of carbonyl (C=O) groups is 2. The molecule has 1 aromatic carbocycles. The Labute approximate surface area is 132 Å². The van der Waals surface area contributed by atoms with Gasteiger partial charge in [0.15, 0.2) is 18.2 Å². The van der Waals surface area contributed by atoms with E-state index in [1.165, 1.54) is 12.1 Å². The summed E-state index contributed by atoms with van der Waals surface area (Å²) in [6.45, 7) is -1.81. The van der Waals surface area contributed by atoms with Crippen LogP contribution in [-0.2, 0) is 14.3 Å². The molecule has 10 heteroatoms.